The Hall–Kier alpha value is -3.79. The summed E-state index contributed by atoms with van der Waals surface area (Å²) in [6, 6.07) is 15.3. The van der Waals surface area contributed by atoms with Gasteiger partial charge in [-0.2, -0.15) is 18.2 Å². The van der Waals surface area contributed by atoms with Crippen LogP contribution in [0.5, 0.6) is 11.5 Å². The minimum absolute atomic E-state index is 0. The molecular weight excluding hydrogens is 608 g/mol. The van der Waals surface area contributed by atoms with E-state index in [4.69, 9.17) is 19.6 Å². The normalized spacial score (nSPS) is 14.5. The first-order valence-corrected chi connectivity index (χ1v) is 15.6. The summed E-state index contributed by atoms with van der Waals surface area (Å²) in [7, 11) is -8.73. The Labute approximate surface area is 251 Å². The third-order valence-electron chi connectivity index (χ3n) is 5.91. The van der Waals surface area contributed by atoms with Gasteiger partial charge >= 0.3 is 10.1 Å². The fraction of sp³-hybridized carbons (Fsp3) is 0.308. The second kappa shape index (κ2) is 14.4. The van der Waals surface area contributed by atoms with Crippen molar-refractivity contribution in [1.29, 1.82) is 0 Å². The molecule has 0 unspecified atom stereocenters. The van der Waals surface area contributed by atoms with Crippen molar-refractivity contribution < 1.29 is 30.7 Å². The lowest BCUT2D eigenvalue weighted by Gasteiger charge is -2.34. The van der Waals surface area contributed by atoms with Crippen LogP contribution in [0, 0.1) is 6.92 Å². The molecule has 16 heteroatoms. The summed E-state index contributed by atoms with van der Waals surface area (Å²) in [4.78, 5) is 15.8. The molecule has 0 amide bonds. The van der Waals surface area contributed by atoms with E-state index in [9.17, 15) is 16.8 Å². The molecule has 2 heterocycles. The van der Waals surface area contributed by atoms with Crippen molar-refractivity contribution in [2.24, 2.45) is 10.9 Å². The lowest BCUT2D eigenvalue weighted by Crippen LogP contribution is -2.49. The number of halogens is 1. The molecule has 0 radical (unpaired) electrons. The topological polar surface area (TPSA) is 166 Å². The number of nitrogens with one attached hydrogen (secondary N) is 1. The molecule has 0 atom stereocenters. The largest absolute Gasteiger partial charge is 0.393 e. The van der Waals surface area contributed by atoms with Crippen LogP contribution in [0.25, 0.3) is 0 Å². The lowest BCUT2D eigenvalue weighted by molar-refractivity contribution is 0.138. The van der Waals surface area contributed by atoms with Crippen LogP contribution >= 0.6 is 12.4 Å². The van der Waals surface area contributed by atoms with Crippen molar-refractivity contribution in [3.63, 3.8) is 0 Å². The van der Waals surface area contributed by atoms with Gasteiger partial charge in [-0.3, -0.25) is 0 Å². The number of anilines is 1. The van der Waals surface area contributed by atoms with Gasteiger partial charge in [-0.05, 0) is 60.5 Å². The van der Waals surface area contributed by atoms with E-state index >= 15 is 0 Å². The van der Waals surface area contributed by atoms with Gasteiger partial charge in [-0.15, -0.1) is 12.4 Å². The zero-order valence-corrected chi connectivity index (χ0v) is 25.5. The third-order valence-corrected chi connectivity index (χ3v) is 9.30. The number of hydroxylamine groups is 1. The van der Waals surface area contributed by atoms with Crippen molar-refractivity contribution in [2.45, 2.75) is 30.1 Å². The van der Waals surface area contributed by atoms with E-state index < -0.39 is 25.0 Å². The molecule has 0 spiro atoms. The molecule has 3 aromatic rings. The molecule has 13 nitrogen and oxygen atoms in total. The summed E-state index contributed by atoms with van der Waals surface area (Å²) >= 11 is 0. The number of oxime groups is 1. The summed E-state index contributed by atoms with van der Waals surface area (Å²) in [5, 5.41) is 3.63. The Balaban J connectivity index is 0.00000484. The zero-order valence-electron chi connectivity index (χ0n) is 23.0. The van der Waals surface area contributed by atoms with Gasteiger partial charge in [0.1, 0.15) is 28.0 Å². The van der Waals surface area contributed by atoms with Crippen molar-refractivity contribution in [3.8, 4) is 11.5 Å². The molecule has 1 aliphatic rings. The first kappa shape index (κ1) is 32.7. The molecule has 1 saturated heterocycles. The van der Waals surface area contributed by atoms with Crippen molar-refractivity contribution >= 4 is 44.3 Å². The smallest absolute Gasteiger partial charge is 0.340 e. The highest BCUT2D eigenvalue weighted by Crippen LogP contribution is 2.30. The number of aromatic nitrogens is 1. The number of hydrogen-bond donors (Lipinski definition) is 2. The molecule has 3 N–H and O–H groups in total. The number of benzene rings is 2. The van der Waals surface area contributed by atoms with Crippen LogP contribution in [0.4, 0.5) is 5.82 Å². The number of nitrogens with zero attached hydrogens (tertiary/aromatic N) is 4. The molecule has 0 saturated carbocycles. The fourth-order valence-electron chi connectivity index (χ4n) is 4.04. The maximum absolute atomic E-state index is 13.6. The van der Waals surface area contributed by atoms with Crippen LogP contribution in [0.15, 0.2) is 81.8 Å². The summed E-state index contributed by atoms with van der Waals surface area (Å²) in [5.74, 6) is 0.693. The Kier molecular flexibility index (Phi) is 11.2. The summed E-state index contributed by atoms with van der Waals surface area (Å²) in [5.41, 5.74) is 8.67. The van der Waals surface area contributed by atoms with Crippen molar-refractivity contribution in [3.05, 3.63) is 72.4 Å². The average Bonchev–Trinajstić information content (AvgIpc) is 2.96. The van der Waals surface area contributed by atoms with Gasteiger partial charge < -0.3 is 24.5 Å². The standard InChI is InChI=1S/C26H32N6O7S2.ClH/c1-3-16-37-29-26(27)30-38-21-17-20(2)18-22(19-21)39-41(35,36)24-9-5-4-8-23(24)40(33,34)32-14-12-31(13-15-32)25-10-6-7-11-28-25;/h4-11,17-19H,3,12-16H2,1-2H3,(H3,27,29,30);1H. The van der Waals surface area contributed by atoms with Crippen LogP contribution in [-0.4, -0.2) is 64.9 Å². The van der Waals surface area contributed by atoms with E-state index in [2.05, 4.69) is 15.6 Å². The molecular formula is C26H33ClN6O7S2. The van der Waals surface area contributed by atoms with Gasteiger partial charge in [-0.1, -0.05) is 25.1 Å². The number of rotatable bonds is 11. The minimum Gasteiger partial charge on any atom is -0.393 e. The van der Waals surface area contributed by atoms with Gasteiger partial charge in [0.25, 0.3) is 5.96 Å². The Morgan fingerprint density at radius 3 is 2.31 bits per heavy atom. The second-order valence-corrected chi connectivity index (χ2v) is 12.5. The van der Waals surface area contributed by atoms with Crippen LogP contribution in [0.2, 0.25) is 0 Å². The zero-order chi connectivity index (χ0) is 29.5. The Morgan fingerprint density at radius 1 is 0.976 bits per heavy atom. The van der Waals surface area contributed by atoms with E-state index in [1.54, 1.807) is 25.3 Å². The van der Waals surface area contributed by atoms with Gasteiger partial charge in [-0.25, -0.2) is 13.4 Å². The van der Waals surface area contributed by atoms with E-state index in [1.165, 1.54) is 40.7 Å². The van der Waals surface area contributed by atoms with E-state index in [1.807, 2.05) is 24.0 Å². The number of piperazine rings is 1. The number of sulfonamides is 1. The van der Waals surface area contributed by atoms with Gasteiger partial charge in [0, 0.05) is 38.4 Å². The molecule has 1 aliphatic heterocycles. The van der Waals surface area contributed by atoms with E-state index in [0.717, 1.165) is 12.2 Å². The highest BCUT2D eigenvalue weighted by atomic mass is 35.5. The Bertz CT molecular complexity index is 1580. The van der Waals surface area contributed by atoms with E-state index in [0.29, 0.717) is 25.3 Å². The molecule has 1 fully saturated rings. The highest BCUT2D eigenvalue weighted by Gasteiger charge is 2.34. The number of aryl methyl sites for hydroxylation is 1. The molecule has 2 aromatic carbocycles. The number of hydrogen-bond acceptors (Lipinski definition) is 10. The van der Waals surface area contributed by atoms with Crippen LogP contribution in [-0.2, 0) is 25.0 Å². The predicted molar refractivity (Wildman–Crippen MR) is 160 cm³/mol. The lowest BCUT2D eigenvalue weighted by atomic mass is 10.2. The summed E-state index contributed by atoms with van der Waals surface area (Å²) in [6.07, 6.45) is 2.42. The molecule has 0 aliphatic carbocycles. The van der Waals surface area contributed by atoms with Gasteiger partial charge in [0.05, 0.1) is 0 Å². The monoisotopic (exact) mass is 640 g/mol. The number of pyridine rings is 1. The molecule has 1 aromatic heterocycles. The molecule has 228 valence electrons. The quantitative estimate of drug-likeness (QED) is 0.104. The van der Waals surface area contributed by atoms with Crippen molar-refractivity contribution in [1.82, 2.24) is 14.8 Å². The number of nitrogens with two attached hydrogens (primary N) is 1. The first-order chi connectivity index (χ1) is 19.6. The fourth-order valence-corrected chi connectivity index (χ4v) is 7.15. The maximum atomic E-state index is 13.6. The molecule has 42 heavy (non-hydrogen) atoms. The first-order valence-electron chi connectivity index (χ1n) is 12.8. The van der Waals surface area contributed by atoms with Gasteiger partial charge in [0.2, 0.25) is 10.0 Å². The predicted octanol–water partition coefficient (Wildman–Crippen LogP) is 2.63. The summed E-state index contributed by atoms with van der Waals surface area (Å²) < 4.78 is 60.6. The van der Waals surface area contributed by atoms with Crippen LogP contribution < -0.4 is 25.1 Å². The highest BCUT2D eigenvalue weighted by molar-refractivity contribution is 7.91. The maximum Gasteiger partial charge on any atom is 0.340 e. The van der Waals surface area contributed by atoms with Crippen LogP contribution in [0.1, 0.15) is 18.9 Å². The minimum atomic E-state index is -4.57. The Morgan fingerprint density at radius 2 is 1.64 bits per heavy atom. The SMILES string of the molecule is CCCON=C(N)NOc1cc(C)cc(OS(=O)(=O)c2ccccc2S(=O)(=O)N2CCN(c3ccccn3)CC2)c1.Cl. The van der Waals surface area contributed by atoms with Crippen LogP contribution in [0.3, 0.4) is 0 Å². The molecule has 0 bridgehead atoms. The average molecular weight is 641 g/mol. The third kappa shape index (κ3) is 8.15. The van der Waals surface area contributed by atoms with Crippen molar-refractivity contribution in [2.75, 3.05) is 37.7 Å². The summed E-state index contributed by atoms with van der Waals surface area (Å²) in [6.45, 7) is 5.13. The second-order valence-electron chi connectivity index (χ2n) is 9.06. The molecule has 4 rings (SSSR count). The van der Waals surface area contributed by atoms with Gasteiger partial charge in [0.15, 0.2) is 5.75 Å². The van der Waals surface area contributed by atoms with E-state index in [-0.39, 0.29) is 47.9 Å². The number of guanidine groups is 1.